The third-order valence-electron chi connectivity index (χ3n) is 2.99. The van der Waals surface area contributed by atoms with Gasteiger partial charge >= 0.3 is 0 Å². The van der Waals surface area contributed by atoms with Gasteiger partial charge in [0, 0.05) is 12.1 Å². The average molecular weight is 317 g/mol. The van der Waals surface area contributed by atoms with Crippen LogP contribution in [0.3, 0.4) is 0 Å². The van der Waals surface area contributed by atoms with Crippen LogP contribution < -0.4 is 5.56 Å². The third kappa shape index (κ3) is 3.37. The van der Waals surface area contributed by atoms with Gasteiger partial charge in [-0.1, -0.05) is 57.7 Å². The quantitative estimate of drug-likeness (QED) is 0.756. The van der Waals surface area contributed by atoms with Gasteiger partial charge in [0.25, 0.3) is 5.56 Å². The summed E-state index contributed by atoms with van der Waals surface area (Å²) in [5, 5.41) is 0.821. The molecule has 2 rings (SSSR count). The molecule has 3 nitrogen and oxygen atoms in total. The van der Waals surface area contributed by atoms with E-state index >= 15 is 0 Å². The molecular weight excluding hydrogens is 296 g/mol. The van der Waals surface area contributed by atoms with Gasteiger partial charge in [0.2, 0.25) is 0 Å². The molecule has 0 saturated carbocycles. The van der Waals surface area contributed by atoms with Gasteiger partial charge in [0.05, 0.1) is 15.9 Å². The molecule has 22 heavy (non-hydrogen) atoms. The normalized spacial score (nSPS) is 10.8. The molecule has 0 atom stereocenters. The highest BCUT2D eigenvalue weighted by Crippen LogP contribution is 2.20. The average Bonchev–Trinajstić information content (AvgIpc) is 2.54. The summed E-state index contributed by atoms with van der Waals surface area (Å²) < 4.78 is 1.53. The molecular formula is C18H21ClN2O. The minimum atomic E-state index is -0.189. The first-order valence-corrected chi connectivity index (χ1v) is 7.67. The maximum absolute atomic E-state index is 12.7. The number of aryl methyl sites for hydroxylation is 1. The Morgan fingerprint density at radius 2 is 2.05 bits per heavy atom. The molecule has 0 saturated heterocycles. The number of allylic oxidation sites excluding steroid dienone is 4. The monoisotopic (exact) mass is 316 g/mol. The van der Waals surface area contributed by atoms with Crippen molar-refractivity contribution in [1.82, 2.24) is 9.55 Å². The summed E-state index contributed by atoms with van der Waals surface area (Å²) in [5.74, 6) is 0.665. The molecule has 4 heteroatoms. The predicted molar refractivity (Wildman–Crippen MR) is 96.4 cm³/mol. The van der Waals surface area contributed by atoms with Crippen LogP contribution in [0.1, 0.15) is 26.6 Å². The fourth-order valence-electron chi connectivity index (χ4n) is 2.09. The van der Waals surface area contributed by atoms with Gasteiger partial charge in [0.15, 0.2) is 0 Å². The molecule has 0 bridgehead atoms. The summed E-state index contributed by atoms with van der Waals surface area (Å²) in [4.78, 5) is 17.2. The fraction of sp³-hybridized carbons (Fsp3) is 0.222. The van der Waals surface area contributed by atoms with Crippen molar-refractivity contribution < 1.29 is 0 Å². The van der Waals surface area contributed by atoms with Crippen LogP contribution in [-0.4, -0.2) is 9.55 Å². The number of nitrogens with zero attached hydrogens (tertiary/aromatic N) is 2. The van der Waals surface area contributed by atoms with Crippen LogP contribution in [0.25, 0.3) is 16.6 Å². The van der Waals surface area contributed by atoms with E-state index in [1.54, 1.807) is 36.4 Å². The van der Waals surface area contributed by atoms with Crippen molar-refractivity contribution >= 4 is 28.2 Å². The van der Waals surface area contributed by atoms with Crippen LogP contribution in [0.5, 0.6) is 0 Å². The van der Waals surface area contributed by atoms with E-state index in [1.807, 2.05) is 20.8 Å². The zero-order valence-corrected chi connectivity index (χ0v) is 14.0. The molecule has 0 aliphatic rings. The number of hydrogen-bond donors (Lipinski definition) is 0. The van der Waals surface area contributed by atoms with Crippen molar-refractivity contribution in [1.29, 1.82) is 0 Å². The van der Waals surface area contributed by atoms with Crippen molar-refractivity contribution in [2.24, 2.45) is 0 Å². The lowest BCUT2D eigenvalue weighted by Crippen LogP contribution is -2.24. The maximum atomic E-state index is 12.7. The second-order valence-electron chi connectivity index (χ2n) is 4.19. The summed E-state index contributed by atoms with van der Waals surface area (Å²) in [6, 6.07) is 5.26. The Kier molecular flexibility index (Phi) is 6.80. The zero-order chi connectivity index (χ0) is 16.7. The zero-order valence-electron chi connectivity index (χ0n) is 13.3. The van der Waals surface area contributed by atoms with Gasteiger partial charge < -0.3 is 0 Å². The van der Waals surface area contributed by atoms with Crippen LogP contribution in [0.4, 0.5) is 0 Å². The van der Waals surface area contributed by atoms with E-state index in [1.165, 1.54) is 4.57 Å². The number of halogens is 1. The molecule has 0 unspecified atom stereocenters. The fourth-order valence-corrected chi connectivity index (χ4v) is 2.34. The molecule has 116 valence electrons. The van der Waals surface area contributed by atoms with Crippen LogP contribution in [0.15, 0.2) is 54.4 Å². The third-order valence-corrected chi connectivity index (χ3v) is 3.30. The molecule has 2 aromatic rings. The lowest BCUT2D eigenvalue weighted by molar-refractivity contribution is 0.852. The van der Waals surface area contributed by atoms with Crippen molar-refractivity contribution in [2.75, 3.05) is 0 Å². The molecule has 0 fully saturated rings. The van der Waals surface area contributed by atoms with Crippen molar-refractivity contribution in [3.05, 3.63) is 70.8 Å². The lowest BCUT2D eigenvalue weighted by Gasteiger charge is -2.13. The van der Waals surface area contributed by atoms with Crippen molar-refractivity contribution in [2.45, 2.75) is 27.2 Å². The Morgan fingerprint density at radius 3 is 2.59 bits per heavy atom. The summed E-state index contributed by atoms with van der Waals surface area (Å²) >= 11 is 6.14. The Bertz CT molecular complexity index is 772. The Hall–Kier alpha value is -2.13. The molecule has 0 radical (unpaired) electrons. The van der Waals surface area contributed by atoms with Gasteiger partial charge in [-0.15, -0.1) is 0 Å². The summed E-state index contributed by atoms with van der Waals surface area (Å²) in [5.41, 5.74) is 1.05. The first-order valence-electron chi connectivity index (χ1n) is 7.29. The summed E-state index contributed by atoms with van der Waals surface area (Å²) in [7, 11) is 0. The Morgan fingerprint density at radius 1 is 1.36 bits per heavy atom. The lowest BCUT2D eigenvalue weighted by atomic mass is 10.2. The number of aromatic nitrogens is 2. The number of hydrogen-bond acceptors (Lipinski definition) is 2. The van der Waals surface area contributed by atoms with Gasteiger partial charge in [0.1, 0.15) is 5.82 Å². The molecule has 1 aromatic heterocycles. The predicted octanol–water partition coefficient (Wildman–Crippen LogP) is 4.85. The van der Waals surface area contributed by atoms with Crippen molar-refractivity contribution in [3.8, 4) is 0 Å². The number of rotatable bonds is 4. The molecule has 0 aliphatic carbocycles. The van der Waals surface area contributed by atoms with Gasteiger partial charge in [-0.2, -0.15) is 0 Å². The number of fused-ring (bicyclic) bond motifs is 1. The van der Waals surface area contributed by atoms with Gasteiger partial charge in [-0.25, -0.2) is 4.98 Å². The van der Waals surface area contributed by atoms with Crippen LogP contribution in [0, 0.1) is 0 Å². The van der Waals surface area contributed by atoms with Gasteiger partial charge in [-0.3, -0.25) is 9.36 Å². The molecule has 1 aromatic carbocycles. The first-order chi connectivity index (χ1) is 10.6. The SMILES string of the molecule is C=C/C=C(\C=C)n1c(CC)nc2cccc(Cl)c2c1=O.CC. The topological polar surface area (TPSA) is 34.9 Å². The summed E-state index contributed by atoms with van der Waals surface area (Å²) in [6.45, 7) is 13.3. The molecule has 0 spiro atoms. The second-order valence-corrected chi connectivity index (χ2v) is 4.59. The largest absolute Gasteiger partial charge is 0.268 e. The highest BCUT2D eigenvalue weighted by Gasteiger charge is 2.13. The van der Waals surface area contributed by atoms with E-state index in [4.69, 9.17) is 11.6 Å². The van der Waals surface area contributed by atoms with Gasteiger partial charge in [-0.05, 0) is 24.3 Å². The smallest absolute Gasteiger partial charge is 0.267 e. The molecule has 0 amide bonds. The van der Waals surface area contributed by atoms with E-state index in [-0.39, 0.29) is 5.56 Å². The Labute approximate surface area is 136 Å². The first kappa shape index (κ1) is 17.9. The highest BCUT2D eigenvalue weighted by molar-refractivity contribution is 6.35. The number of benzene rings is 1. The van der Waals surface area contributed by atoms with E-state index in [9.17, 15) is 4.79 Å². The van der Waals surface area contributed by atoms with E-state index < -0.39 is 0 Å². The summed E-state index contributed by atoms with van der Waals surface area (Å²) in [6.07, 6.45) is 5.56. The molecule has 0 aliphatic heterocycles. The molecule has 1 heterocycles. The minimum Gasteiger partial charge on any atom is -0.268 e. The van der Waals surface area contributed by atoms with E-state index in [0.29, 0.717) is 33.9 Å². The van der Waals surface area contributed by atoms with E-state index in [2.05, 4.69) is 18.1 Å². The van der Waals surface area contributed by atoms with Crippen LogP contribution in [-0.2, 0) is 6.42 Å². The standard InChI is InChI=1S/C16H15ClN2O.C2H6/c1-4-8-11(5-2)19-14(6-3)18-13-10-7-9-12(17)15(13)16(19)20;1-2/h4-5,7-10H,1-2,6H2,3H3;1-2H3/b11-8+;. The van der Waals surface area contributed by atoms with E-state index in [0.717, 1.165) is 0 Å². The Balaban J connectivity index is 0.00000116. The maximum Gasteiger partial charge on any atom is 0.267 e. The molecule has 0 N–H and O–H groups in total. The van der Waals surface area contributed by atoms with Crippen LogP contribution in [0.2, 0.25) is 5.02 Å². The highest BCUT2D eigenvalue weighted by atomic mass is 35.5. The van der Waals surface area contributed by atoms with Crippen LogP contribution >= 0.6 is 11.6 Å². The van der Waals surface area contributed by atoms with Crippen molar-refractivity contribution in [3.63, 3.8) is 0 Å². The second kappa shape index (κ2) is 8.35. The minimum absolute atomic E-state index is 0.189.